The Kier molecular flexibility index (Phi) is 5.15. The standard InChI is InChI=1S/C12H13BrO4/c1-8(14)17-11(10(13)12(15)16-2)9-6-4-3-5-7-9/h3-7,10-11H,1-2H3/t10-,11-/m0/s1. The van der Waals surface area contributed by atoms with Crippen LogP contribution in [-0.2, 0) is 19.1 Å². The molecule has 4 nitrogen and oxygen atoms in total. The van der Waals surface area contributed by atoms with Gasteiger partial charge in [-0.05, 0) is 5.56 Å². The van der Waals surface area contributed by atoms with Gasteiger partial charge in [-0.25, -0.2) is 0 Å². The Morgan fingerprint density at radius 3 is 2.29 bits per heavy atom. The average molecular weight is 301 g/mol. The summed E-state index contributed by atoms with van der Waals surface area (Å²) < 4.78 is 9.75. The lowest BCUT2D eigenvalue weighted by Gasteiger charge is -2.20. The quantitative estimate of drug-likeness (QED) is 0.632. The second-order valence-corrected chi connectivity index (χ2v) is 4.35. The van der Waals surface area contributed by atoms with Crippen molar-refractivity contribution in [3.8, 4) is 0 Å². The molecule has 0 radical (unpaired) electrons. The van der Waals surface area contributed by atoms with Crippen molar-refractivity contribution in [3.05, 3.63) is 35.9 Å². The summed E-state index contributed by atoms with van der Waals surface area (Å²) in [5.74, 6) is -0.938. The zero-order chi connectivity index (χ0) is 12.8. The van der Waals surface area contributed by atoms with Gasteiger partial charge in [0.15, 0.2) is 4.83 Å². The van der Waals surface area contributed by atoms with E-state index in [1.807, 2.05) is 18.2 Å². The van der Waals surface area contributed by atoms with Gasteiger partial charge in [0, 0.05) is 6.92 Å². The summed E-state index contributed by atoms with van der Waals surface area (Å²) in [6.45, 7) is 1.30. The lowest BCUT2D eigenvalue weighted by molar-refractivity contribution is -0.151. The van der Waals surface area contributed by atoms with Crippen molar-refractivity contribution in [2.75, 3.05) is 7.11 Å². The summed E-state index contributed by atoms with van der Waals surface area (Å²) in [6.07, 6.45) is -0.693. The van der Waals surface area contributed by atoms with Crippen LogP contribution in [0.25, 0.3) is 0 Å². The summed E-state index contributed by atoms with van der Waals surface area (Å²) in [7, 11) is 1.28. The Balaban J connectivity index is 2.95. The van der Waals surface area contributed by atoms with Gasteiger partial charge in [-0.1, -0.05) is 46.3 Å². The number of carbonyl (C=O) groups excluding carboxylic acids is 2. The minimum atomic E-state index is -0.723. The predicted octanol–water partition coefficient (Wildman–Crippen LogP) is 2.23. The fourth-order valence-electron chi connectivity index (χ4n) is 1.35. The summed E-state index contributed by atoms with van der Waals surface area (Å²) >= 11 is 3.18. The third-order valence-electron chi connectivity index (χ3n) is 2.11. The Hall–Kier alpha value is -1.36. The monoisotopic (exact) mass is 300 g/mol. The smallest absolute Gasteiger partial charge is 0.323 e. The van der Waals surface area contributed by atoms with E-state index in [4.69, 9.17) is 4.74 Å². The maximum atomic E-state index is 11.4. The predicted molar refractivity (Wildman–Crippen MR) is 65.7 cm³/mol. The number of esters is 2. The third-order valence-corrected chi connectivity index (χ3v) is 2.97. The largest absolute Gasteiger partial charge is 0.468 e. The summed E-state index contributed by atoms with van der Waals surface area (Å²) in [5, 5.41) is 0. The molecule has 0 saturated heterocycles. The number of rotatable bonds is 4. The first kappa shape index (κ1) is 13.7. The first-order valence-corrected chi connectivity index (χ1v) is 5.92. The van der Waals surface area contributed by atoms with E-state index in [9.17, 15) is 9.59 Å². The molecule has 92 valence electrons. The summed E-state index contributed by atoms with van der Waals surface area (Å²) in [6, 6.07) is 9.02. The number of carbonyl (C=O) groups is 2. The Morgan fingerprint density at radius 2 is 1.82 bits per heavy atom. The van der Waals surface area contributed by atoms with Crippen LogP contribution < -0.4 is 0 Å². The van der Waals surface area contributed by atoms with Crippen LogP contribution in [0, 0.1) is 0 Å². The maximum absolute atomic E-state index is 11.4. The highest BCUT2D eigenvalue weighted by molar-refractivity contribution is 9.10. The van der Waals surface area contributed by atoms with E-state index in [2.05, 4.69) is 20.7 Å². The second kappa shape index (κ2) is 6.39. The Bertz CT molecular complexity index is 391. The van der Waals surface area contributed by atoms with Crippen LogP contribution >= 0.6 is 15.9 Å². The van der Waals surface area contributed by atoms with Gasteiger partial charge < -0.3 is 9.47 Å². The molecule has 0 spiro atoms. The SMILES string of the molecule is COC(=O)[C@@H](Br)[C@@H](OC(C)=O)c1ccccc1. The lowest BCUT2D eigenvalue weighted by atomic mass is 10.1. The fourth-order valence-corrected chi connectivity index (χ4v) is 1.95. The van der Waals surface area contributed by atoms with E-state index in [1.165, 1.54) is 14.0 Å². The van der Waals surface area contributed by atoms with Crippen molar-refractivity contribution in [2.45, 2.75) is 17.9 Å². The first-order chi connectivity index (χ1) is 8.06. The van der Waals surface area contributed by atoms with E-state index < -0.39 is 22.9 Å². The number of hydrogen-bond acceptors (Lipinski definition) is 4. The van der Waals surface area contributed by atoms with Crippen LogP contribution in [0.2, 0.25) is 0 Å². The number of alkyl halides is 1. The Morgan fingerprint density at radius 1 is 1.24 bits per heavy atom. The van der Waals surface area contributed by atoms with Crippen LogP contribution in [0.4, 0.5) is 0 Å². The average Bonchev–Trinajstić information content (AvgIpc) is 2.35. The number of benzene rings is 1. The third kappa shape index (κ3) is 3.85. The molecule has 0 aromatic heterocycles. The fraction of sp³-hybridized carbons (Fsp3) is 0.333. The lowest BCUT2D eigenvalue weighted by Crippen LogP contribution is -2.27. The van der Waals surface area contributed by atoms with Gasteiger partial charge >= 0.3 is 11.9 Å². The molecule has 5 heteroatoms. The highest BCUT2D eigenvalue weighted by atomic mass is 79.9. The van der Waals surface area contributed by atoms with Crippen LogP contribution in [0.15, 0.2) is 30.3 Å². The number of methoxy groups -OCH3 is 1. The molecule has 0 N–H and O–H groups in total. The van der Waals surface area contributed by atoms with Crippen LogP contribution in [0.5, 0.6) is 0 Å². The number of hydrogen-bond donors (Lipinski definition) is 0. The van der Waals surface area contributed by atoms with E-state index >= 15 is 0 Å². The molecule has 0 aliphatic heterocycles. The topological polar surface area (TPSA) is 52.6 Å². The summed E-state index contributed by atoms with van der Waals surface area (Å²) in [4.78, 5) is 21.8. The molecule has 0 aliphatic rings. The van der Waals surface area contributed by atoms with Crippen LogP contribution in [-0.4, -0.2) is 23.9 Å². The second-order valence-electron chi connectivity index (χ2n) is 3.37. The minimum absolute atomic E-state index is 0.452. The molecule has 1 aromatic carbocycles. The minimum Gasteiger partial charge on any atom is -0.468 e. The van der Waals surface area contributed by atoms with Gasteiger partial charge in [-0.2, -0.15) is 0 Å². The van der Waals surface area contributed by atoms with Gasteiger partial charge in [-0.3, -0.25) is 9.59 Å². The van der Waals surface area contributed by atoms with Gasteiger partial charge in [0.1, 0.15) is 6.10 Å². The number of halogens is 1. The van der Waals surface area contributed by atoms with E-state index in [0.29, 0.717) is 0 Å². The zero-order valence-corrected chi connectivity index (χ0v) is 11.1. The van der Waals surface area contributed by atoms with Crippen molar-refractivity contribution in [1.29, 1.82) is 0 Å². The van der Waals surface area contributed by atoms with E-state index in [0.717, 1.165) is 5.56 Å². The van der Waals surface area contributed by atoms with Crippen molar-refractivity contribution in [2.24, 2.45) is 0 Å². The van der Waals surface area contributed by atoms with Gasteiger partial charge in [0.05, 0.1) is 7.11 Å². The van der Waals surface area contributed by atoms with Gasteiger partial charge in [-0.15, -0.1) is 0 Å². The molecule has 0 heterocycles. The maximum Gasteiger partial charge on any atom is 0.323 e. The van der Waals surface area contributed by atoms with E-state index in [1.54, 1.807) is 12.1 Å². The molecule has 0 saturated carbocycles. The molecule has 0 fully saturated rings. The van der Waals surface area contributed by atoms with Crippen molar-refractivity contribution >= 4 is 27.9 Å². The van der Waals surface area contributed by atoms with Crippen molar-refractivity contribution in [1.82, 2.24) is 0 Å². The van der Waals surface area contributed by atoms with Crippen LogP contribution in [0.1, 0.15) is 18.6 Å². The Labute approximate surface area is 108 Å². The molecule has 0 aliphatic carbocycles. The van der Waals surface area contributed by atoms with Gasteiger partial charge in [0.25, 0.3) is 0 Å². The van der Waals surface area contributed by atoms with Crippen LogP contribution in [0.3, 0.4) is 0 Å². The van der Waals surface area contributed by atoms with E-state index in [-0.39, 0.29) is 0 Å². The number of ether oxygens (including phenoxy) is 2. The summed E-state index contributed by atoms with van der Waals surface area (Å²) in [5.41, 5.74) is 0.731. The molecule has 2 atom stereocenters. The highest BCUT2D eigenvalue weighted by Crippen LogP contribution is 2.27. The molecule has 1 rings (SSSR count). The zero-order valence-electron chi connectivity index (χ0n) is 9.55. The molecular formula is C12H13BrO4. The molecule has 0 unspecified atom stereocenters. The van der Waals surface area contributed by atoms with Crippen molar-refractivity contribution < 1.29 is 19.1 Å². The molecular weight excluding hydrogens is 288 g/mol. The molecule has 0 amide bonds. The highest BCUT2D eigenvalue weighted by Gasteiger charge is 2.30. The molecule has 1 aromatic rings. The normalized spacial score (nSPS) is 13.6. The van der Waals surface area contributed by atoms with Crippen molar-refractivity contribution in [3.63, 3.8) is 0 Å². The molecule has 17 heavy (non-hydrogen) atoms. The van der Waals surface area contributed by atoms with Gasteiger partial charge in [0.2, 0.25) is 0 Å². The molecule has 0 bridgehead atoms. The first-order valence-electron chi connectivity index (χ1n) is 5.00.